The molecule has 2 amide bonds. The Morgan fingerprint density at radius 2 is 2.11 bits per heavy atom. The minimum absolute atomic E-state index is 0.00641. The monoisotopic (exact) mass is 382 g/mol. The Bertz CT molecular complexity index is 764. The van der Waals surface area contributed by atoms with Crippen molar-refractivity contribution in [2.45, 2.75) is 38.3 Å². The molecule has 28 heavy (non-hydrogen) atoms. The molecule has 148 valence electrons. The van der Waals surface area contributed by atoms with Crippen molar-refractivity contribution in [3.8, 4) is 0 Å². The van der Waals surface area contributed by atoms with Crippen LogP contribution >= 0.6 is 0 Å². The van der Waals surface area contributed by atoms with Crippen molar-refractivity contribution in [2.24, 2.45) is 0 Å². The van der Waals surface area contributed by atoms with Crippen LogP contribution in [0.3, 0.4) is 0 Å². The number of aromatic nitrogens is 2. The third-order valence-electron chi connectivity index (χ3n) is 4.80. The van der Waals surface area contributed by atoms with Gasteiger partial charge in [0.15, 0.2) is 0 Å². The van der Waals surface area contributed by atoms with Gasteiger partial charge in [0.2, 0.25) is 5.91 Å². The summed E-state index contributed by atoms with van der Waals surface area (Å²) in [6.07, 6.45) is 6.60. The van der Waals surface area contributed by atoms with E-state index in [0.29, 0.717) is 19.7 Å². The zero-order chi connectivity index (χ0) is 19.8. The molecule has 2 atom stereocenters. The number of carbonyl (C=O) groups excluding carboxylic acids is 2. The molecular formula is C21H26N4O3. The Hall–Kier alpha value is -2.80. The van der Waals surface area contributed by atoms with Crippen molar-refractivity contribution >= 4 is 11.8 Å². The minimum Gasteiger partial charge on any atom is -0.376 e. The number of nitrogens with one attached hydrogen (secondary N) is 1. The summed E-state index contributed by atoms with van der Waals surface area (Å²) < 4.78 is 5.67. The van der Waals surface area contributed by atoms with Gasteiger partial charge in [-0.1, -0.05) is 30.3 Å². The molecule has 7 nitrogen and oxygen atoms in total. The van der Waals surface area contributed by atoms with Gasteiger partial charge >= 0.3 is 0 Å². The van der Waals surface area contributed by atoms with E-state index in [-0.39, 0.29) is 36.1 Å². The molecule has 1 N–H and O–H groups in total. The SMILES string of the molecule is C[C@@H](NC(=O)CCN(C[C@@H]1CCCO1)C(=O)c1cnccn1)c1ccccc1. The van der Waals surface area contributed by atoms with Crippen LogP contribution in [0.2, 0.25) is 0 Å². The van der Waals surface area contributed by atoms with Crippen LogP contribution in [0.1, 0.15) is 48.3 Å². The largest absolute Gasteiger partial charge is 0.376 e. The summed E-state index contributed by atoms with van der Waals surface area (Å²) in [7, 11) is 0. The third kappa shape index (κ3) is 5.60. The van der Waals surface area contributed by atoms with Gasteiger partial charge in [-0.2, -0.15) is 0 Å². The Morgan fingerprint density at radius 3 is 2.79 bits per heavy atom. The van der Waals surface area contributed by atoms with Crippen LogP contribution in [-0.4, -0.2) is 52.5 Å². The van der Waals surface area contributed by atoms with E-state index in [1.165, 1.54) is 18.6 Å². The fourth-order valence-corrected chi connectivity index (χ4v) is 3.26. The zero-order valence-electron chi connectivity index (χ0n) is 16.1. The van der Waals surface area contributed by atoms with Crippen LogP contribution in [0.5, 0.6) is 0 Å². The Kier molecular flexibility index (Phi) is 7.08. The molecule has 1 aromatic carbocycles. The number of nitrogens with zero attached hydrogens (tertiary/aromatic N) is 3. The number of rotatable bonds is 8. The van der Waals surface area contributed by atoms with Gasteiger partial charge < -0.3 is 15.0 Å². The molecule has 1 fully saturated rings. The van der Waals surface area contributed by atoms with Crippen molar-refractivity contribution in [3.05, 3.63) is 60.2 Å². The van der Waals surface area contributed by atoms with Crippen molar-refractivity contribution in [2.75, 3.05) is 19.7 Å². The predicted octanol–water partition coefficient (Wildman–Crippen LogP) is 2.37. The Morgan fingerprint density at radius 1 is 1.29 bits per heavy atom. The molecule has 2 heterocycles. The second-order valence-electron chi connectivity index (χ2n) is 6.93. The molecule has 3 rings (SSSR count). The lowest BCUT2D eigenvalue weighted by Crippen LogP contribution is -2.40. The lowest BCUT2D eigenvalue weighted by Gasteiger charge is -2.25. The zero-order valence-corrected chi connectivity index (χ0v) is 16.1. The molecule has 1 aromatic heterocycles. The molecule has 0 bridgehead atoms. The number of amides is 2. The van der Waals surface area contributed by atoms with Crippen LogP contribution < -0.4 is 5.32 Å². The molecule has 0 radical (unpaired) electrons. The number of ether oxygens (including phenoxy) is 1. The van der Waals surface area contributed by atoms with Crippen LogP contribution in [0.4, 0.5) is 0 Å². The van der Waals surface area contributed by atoms with E-state index in [1.807, 2.05) is 37.3 Å². The highest BCUT2D eigenvalue weighted by Crippen LogP contribution is 2.15. The first kappa shape index (κ1) is 19.9. The van der Waals surface area contributed by atoms with Crippen LogP contribution in [0.25, 0.3) is 0 Å². The van der Waals surface area contributed by atoms with Gasteiger partial charge in [0, 0.05) is 38.5 Å². The van der Waals surface area contributed by atoms with E-state index in [9.17, 15) is 9.59 Å². The maximum atomic E-state index is 12.8. The van der Waals surface area contributed by atoms with Gasteiger partial charge in [0.25, 0.3) is 5.91 Å². The fraction of sp³-hybridized carbons (Fsp3) is 0.429. The van der Waals surface area contributed by atoms with Gasteiger partial charge in [0.05, 0.1) is 18.3 Å². The molecule has 0 saturated carbocycles. The normalized spacial score (nSPS) is 17.1. The predicted molar refractivity (Wildman–Crippen MR) is 105 cm³/mol. The Balaban J connectivity index is 1.58. The van der Waals surface area contributed by atoms with Gasteiger partial charge in [-0.15, -0.1) is 0 Å². The lowest BCUT2D eigenvalue weighted by atomic mass is 10.1. The minimum atomic E-state index is -0.229. The molecule has 1 aliphatic heterocycles. The van der Waals surface area contributed by atoms with E-state index in [0.717, 1.165) is 18.4 Å². The highest BCUT2D eigenvalue weighted by atomic mass is 16.5. The van der Waals surface area contributed by atoms with Gasteiger partial charge in [-0.25, -0.2) is 4.98 Å². The van der Waals surface area contributed by atoms with Crippen molar-refractivity contribution in [3.63, 3.8) is 0 Å². The first-order valence-corrected chi connectivity index (χ1v) is 9.64. The number of benzene rings is 1. The van der Waals surface area contributed by atoms with E-state index >= 15 is 0 Å². The first-order valence-electron chi connectivity index (χ1n) is 9.64. The smallest absolute Gasteiger partial charge is 0.274 e. The summed E-state index contributed by atoms with van der Waals surface area (Å²) in [6, 6.07) is 9.70. The number of hydrogen-bond donors (Lipinski definition) is 1. The standard InChI is InChI=1S/C21H26N4O3/c1-16(17-6-3-2-4-7-17)24-20(26)9-12-25(15-18-8-5-13-28-18)21(27)19-14-22-10-11-23-19/h2-4,6-7,10-11,14,16,18H,5,8-9,12-13,15H2,1H3,(H,24,26)/t16-,18+/m1/s1. The summed E-state index contributed by atoms with van der Waals surface area (Å²) in [4.78, 5) is 35.0. The highest BCUT2D eigenvalue weighted by molar-refractivity contribution is 5.92. The second-order valence-corrected chi connectivity index (χ2v) is 6.93. The molecule has 1 saturated heterocycles. The first-order chi connectivity index (χ1) is 13.6. The highest BCUT2D eigenvalue weighted by Gasteiger charge is 2.25. The third-order valence-corrected chi connectivity index (χ3v) is 4.80. The van der Waals surface area contributed by atoms with Gasteiger partial charge in [-0.3, -0.25) is 14.6 Å². The average molecular weight is 382 g/mol. The Labute approximate surface area is 165 Å². The summed E-state index contributed by atoms with van der Waals surface area (Å²) in [6.45, 7) is 3.43. The molecule has 0 spiro atoms. The van der Waals surface area contributed by atoms with Crippen molar-refractivity contribution in [1.82, 2.24) is 20.2 Å². The van der Waals surface area contributed by atoms with E-state index in [4.69, 9.17) is 4.74 Å². The summed E-state index contributed by atoms with van der Waals surface area (Å²) in [5.74, 6) is -0.326. The molecular weight excluding hydrogens is 356 g/mol. The van der Waals surface area contributed by atoms with E-state index < -0.39 is 0 Å². The van der Waals surface area contributed by atoms with E-state index in [1.54, 1.807) is 4.90 Å². The topological polar surface area (TPSA) is 84.4 Å². The maximum absolute atomic E-state index is 12.8. The molecule has 7 heteroatoms. The number of carbonyl (C=O) groups is 2. The summed E-state index contributed by atoms with van der Waals surface area (Å²) in [5.41, 5.74) is 1.32. The lowest BCUT2D eigenvalue weighted by molar-refractivity contribution is -0.122. The quantitative estimate of drug-likeness (QED) is 0.758. The number of hydrogen-bond acceptors (Lipinski definition) is 5. The summed E-state index contributed by atoms with van der Waals surface area (Å²) >= 11 is 0. The molecule has 0 aliphatic carbocycles. The van der Waals surface area contributed by atoms with Crippen LogP contribution in [-0.2, 0) is 9.53 Å². The maximum Gasteiger partial charge on any atom is 0.274 e. The summed E-state index contributed by atoms with van der Waals surface area (Å²) in [5, 5.41) is 2.99. The van der Waals surface area contributed by atoms with Crippen LogP contribution in [0.15, 0.2) is 48.9 Å². The molecule has 0 unspecified atom stereocenters. The molecule has 1 aliphatic rings. The van der Waals surface area contributed by atoms with Crippen LogP contribution in [0, 0.1) is 0 Å². The van der Waals surface area contributed by atoms with Crippen molar-refractivity contribution < 1.29 is 14.3 Å². The molecule has 2 aromatic rings. The average Bonchev–Trinajstić information content (AvgIpc) is 3.25. The van der Waals surface area contributed by atoms with Gasteiger partial charge in [0.1, 0.15) is 5.69 Å². The fourth-order valence-electron chi connectivity index (χ4n) is 3.26. The van der Waals surface area contributed by atoms with Gasteiger partial charge in [-0.05, 0) is 25.3 Å². The second kappa shape index (κ2) is 9.94. The van der Waals surface area contributed by atoms with Crippen molar-refractivity contribution in [1.29, 1.82) is 0 Å². The van der Waals surface area contributed by atoms with E-state index in [2.05, 4.69) is 15.3 Å².